The minimum atomic E-state index is -0.165. The van der Waals surface area contributed by atoms with Gasteiger partial charge in [-0.3, -0.25) is 14.2 Å². The van der Waals surface area contributed by atoms with E-state index in [-0.39, 0.29) is 23.8 Å². The minimum absolute atomic E-state index is 0.0258. The Bertz CT molecular complexity index is 859. The maximum Gasteiger partial charge on any atom is 0.263 e. The van der Waals surface area contributed by atoms with Gasteiger partial charge in [0.1, 0.15) is 4.83 Å². The molecule has 0 spiro atoms. The van der Waals surface area contributed by atoms with Gasteiger partial charge in [0, 0.05) is 11.4 Å². The highest BCUT2D eigenvalue weighted by Gasteiger charge is 2.18. The summed E-state index contributed by atoms with van der Waals surface area (Å²) in [4.78, 5) is 31.2. The van der Waals surface area contributed by atoms with Crippen molar-refractivity contribution >= 4 is 39.2 Å². The summed E-state index contributed by atoms with van der Waals surface area (Å²) in [5, 5.41) is 3.89. The molecule has 2 heterocycles. The summed E-state index contributed by atoms with van der Waals surface area (Å²) in [5.41, 5.74) is 0.968. The molecule has 0 aliphatic carbocycles. The standard InChI is InChI=1S/C17H21N3O2S2/c1-6-7-18-13(21)9-23-17-19-15-14(11(4)12(5)24-15)16(22)20(17)8-10(2)3/h1,10H,7-9H2,2-5H3,(H,18,21). The normalized spacial score (nSPS) is 11.0. The van der Waals surface area contributed by atoms with E-state index in [0.29, 0.717) is 23.0 Å². The number of terminal acetylenes is 1. The molecule has 0 saturated carbocycles. The quantitative estimate of drug-likeness (QED) is 0.487. The number of hydrogen-bond donors (Lipinski definition) is 1. The molecular weight excluding hydrogens is 342 g/mol. The van der Waals surface area contributed by atoms with Gasteiger partial charge in [0.25, 0.3) is 5.56 Å². The monoisotopic (exact) mass is 363 g/mol. The van der Waals surface area contributed by atoms with Crippen LogP contribution < -0.4 is 10.9 Å². The molecule has 2 aromatic rings. The zero-order chi connectivity index (χ0) is 17.9. The second kappa shape index (κ2) is 7.86. The third-order valence-corrected chi connectivity index (χ3v) is 5.60. The maximum absolute atomic E-state index is 12.9. The van der Waals surface area contributed by atoms with E-state index < -0.39 is 0 Å². The van der Waals surface area contributed by atoms with Crippen molar-refractivity contribution in [3.05, 3.63) is 20.8 Å². The fraction of sp³-hybridized carbons (Fsp3) is 0.471. The first-order chi connectivity index (χ1) is 11.3. The fourth-order valence-electron chi connectivity index (χ4n) is 2.28. The molecule has 0 aliphatic rings. The van der Waals surface area contributed by atoms with Gasteiger partial charge in [-0.1, -0.05) is 31.5 Å². The topological polar surface area (TPSA) is 64.0 Å². The second-order valence-corrected chi connectivity index (χ2v) is 8.08. The number of carbonyl (C=O) groups is 1. The third kappa shape index (κ3) is 4.00. The highest BCUT2D eigenvalue weighted by Crippen LogP contribution is 2.28. The van der Waals surface area contributed by atoms with Crippen molar-refractivity contribution in [1.82, 2.24) is 14.9 Å². The number of nitrogens with zero attached hydrogens (tertiary/aromatic N) is 2. The number of aryl methyl sites for hydroxylation is 2. The van der Waals surface area contributed by atoms with Crippen LogP contribution in [0.15, 0.2) is 9.95 Å². The summed E-state index contributed by atoms with van der Waals surface area (Å²) < 4.78 is 1.69. The fourth-order valence-corrected chi connectivity index (χ4v) is 4.18. The number of nitrogens with one attached hydrogen (secondary N) is 1. The van der Waals surface area contributed by atoms with Crippen molar-refractivity contribution < 1.29 is 4.79 Å². The Balaban J connectivity index is 2.42. The number of rotatable bonds is 6. The summed E-state index contributed by atoms with van der Waals surface area (Å²) in [7, 11) is 0. The van der Waals surface area contributed by atoms with Gasteiger partial charge < -0.3 is 5.32 Å². The van der Waals surface area contributed by atoms with Crippen molar-refractivity contribution in [2.24, 2.45) is 5.92 Å². The van der Waals surface area contributed by atoms with Gasteiger partial charge in [0.15, 0.2) is 5.16 Å². The Morgan fingerprint density at radius 3 is 2.79 bits per heavy atom. The van der Waals surface area contributed by atoms with Crippen LogP contribution in [0.25, 0.3) is 10.2 Å². The zero-order valence-electron chi connectivity index (χ0n) is 14.3. The molecule has 128 valence electrons. The molecule has 0 radical (unpaired) electrons. The smallest absolute Gasteiger partial charge is 0.263 e. The Kier molecular flexibility index (Phi) is 6.08. The van der Waals surface area contributed by atoms with Crippen LogP contribution in [-0.2, 0) is 11.3 Å². The van der Waals surface area contributed by atoms with Crippen LogP contribution in [0, 0.1) is 32.1 Å². The van der Waals surface area contributed by atoms with Gasteiger partial charge in [-0.2, -0.15) is 0 Å². The molecule has 0 saturated heterocycles. The number of amides is 1. The Morgan fingerprint density at radius 1 is 1.46 bits per heavy atom. The van der Waals surface area contributed by atoms with Crippen LogP contribution in [0.1, 0.15) is 24.3 Å². The molecule has 2 rings (SSSR count). The molecule has 7 heteroatoms. The lowest BCUT2D eigenvalue weighted by molar-refractivity contribution is -0.118. The van der Waals surface area contributed by atoms with E-state index in [0.717, 1.165) is 15.3 Å². The molecule has 5 nitrogen and oxygen atoms in total. The summed E-state index contributed by atoms with van der Waals surface area (Å²) in [6.45, 7) is 8.83. The summed E-state index contributed by atoms with van der Waals surface area (Å²) in [6.07, 6.45) is 5.13. The Morgan fingerprint density at radius 2 is 2.17 bits per heavy atom. The number of thiophene rings is 1. The summed E-state index contributed by atoms with van der Waals surface area (Å²) in [5.74, 6) is 2.69. The number of aromatic nitrogens is 2. The molecule has 24 heavy (non-hydrogen) atoms. The molecule has 0 aromatic carbocycles. The first-order valence-corrected chi connectivity index (χ1v) is 9.48. The third-order valence-electron chi connectivity index (χ3n) is 3.52. The van der Waals surface area contributed by atoms with Crippen LogP contribution in [0.2, 0.25) is 0 Å². The highest BCUT2D eigenvalue weighted by atomic mass is 32.2. The van der Waals surface area contributed by atoms with E-state index in [9.17, 15) is 9.59 Å². The van der Waals surface area contributed by atoms with Gasteiger partial charge >= 0.3 is 0 Å². The van der Waals surface area contributed by atoms with Crippen molar-refractivity contribution in [3.63, 3.8) is 0 Å². The minimum Gasteiger partial charge on any atom is -0.344 e. The lowest BCUT2D eigenvalue weighted by Gasteiger charge is -2.14. The predicted octanol–water partition coefficient (Wildman–Crippen LogP) is 2.57. The predicted molar refractivity (Wildman–Crippen MR) is 101 cm³/mol. The van der Waals surface area contributed by atoms with Crippen LogP contribution in [-0.4, -0.2) is 27.8 Å². The van der Waals surface area contributed by atoms with Crippen LogP contribution in [0.3, 0.4) is 0 Å². The van der Waals surface area contributed by atoms with E-state index in [1.165, 1.54) is 23.1 Å². The van der Waals surface area contributed by atoms with Crippen molar-refractivity contribution in [2.75, 3.05) is 12.3 Å². The molecule has 0 aliphatic heterocycles. The lowest BCUT2D eigenvalue weighted by atomic mass is 10.2. The maximum atomic E-state index is 12.9. The van der Waals surface area contributed by atoms with E-state index in [1.807, 2.05) is 13.8 Å². The Labute approximate surface area is 149 Å². The van der Waals surface area contributed by atoms with Gasteiger partial charge in [-0.25, -0.2) is 4.98 Å². The number of hydrogen-bond acceptors (Lipinski definition) is 5. The summed E-state index contributed by atoms with van der Waals surface area (Å²) in [6, 6.07) is 0. The summed E-state index contributed by atoms with van der Waals surface area (Å²) >= 11 is 2.79. The number of carbonyl (C=O) groups excluding carboxylic acids is 1. The van der Waals surface area contributed by atoms with E-state index in [1.54, 1.807) is 4.57 Å². The molecule has 0 atom stereocenters. The molecule has 1 amide bonds. The number of fused-ring (bicyclic) bond motifs is 1. The zero-order valence-corrected chi connectivity index (χ0v) is 15.9. The Hall–Kier alpha value is -1.78. The first kappa shape index (κ1) is 18.6. The molecule has 0 unspecified atom stereocenters. The second-order valence-electron chi connectivity index (χ2n) is 5.94. The van der Waals surface area contributed by atoms with Crippen molar-refractivity contribution in [1.29, 1.82) is 0 Å². The van der Waals surface area contributed by atoms with Crippen LogP contribution >= 0.6 is 23.1 Å². The van der Waals surface area contributed by atoms with Gasteiger partial charge in [0.2, 0.25) is 5.91 Å². The van der Waals surface area contributed by atoms with Gasteiger partial charge in [-0.15, -0.1) is 17.8 Å². The largest absolute Gasteiger partial charge is 0.344 e. The lowest BCUT2D eigenvalue weighted by Crippen LogP contribution is -2.28. The van der Waals surface area contributed by atoms with Crippen LogP contribution in [0.4, 0.5) is 0 Å². The van der Waals surface area contributed by atoms with Crippen LogP contribution in [0.5, 0.6) is 0 Å². The van der Waals surface area contributed by atoms with E-state index in [4.69, 9.17) is 6.42 Å². The van der Waals surface area contributed by atoms with Gasteiger partial charge in [-0.05, 0) is 25.3 Å². The SMILES string of the molecule is C#CCNC(=O)CSc1nc2sc(C)c(C)c2c(=O)n1CC(C)C. The van der Waals surface area contributed by atoms with E-state index >= 15 is 0 Å². The van der Waals surface area contributed by atoms with E-state index in [2.05, 4.69) is 30.1 Å². The van der Waals surface area contributed by atoms with Crippen molar-refractivity contribution in [3.8, 4) is 12.3 Å². The van der Waals surface area contributed by atoms with Crippen molar-refractivity contribution in [2.45, 2.75) is 39.4 Å². The molecule has 0 bridgehead atoms. The highest BCUT2D eigenvalue weighted by molar-refractivity contribution is 7.99. The van der Waals surface area contributed by atoms with Gasteiger partial charge in [0.05, 0.1) is 17.7 Å². The molecule has 2 aromatic heterocycles. The molecule has 1 N–H and O–H groups in total. The number of thioether (sulfide) groups is 1. The first-order valence-electron chi connectivity index (χ1n) is 7.68. The average molecular weight is 364 g/mol. The molecular formula is C17H21N3O2S2. The average Bonchev–Trinajstić information content (AvgIpc) is 2.80. The molecule has 0 fully saturated rings.